The lowest BCUT2D eigenvalue weighted by Gasteiger charge is -2.39. The first-order chi connectivity index (χ1) is 12.1. The molecular formula is C21H27NO2S. The second kappa shape index (κ2) is 8.15. The van der Waals surface area contributed by atoms with Crippen LogP contribution >= 0.6 is 11.3 Å². The van der Waals surface area contributed by atoms with E-state index in [9.17, 15) is 4.79 Å². The van der Waals surface area contributed by atoms with Crippen molar-refractivity contribution in [2.45, 2.75) is 44.6 Å². The quantitative estimate of drug-likeness (QED) is 0.802. The van der Waals surface area contributed by atoms with E-state index in [4.69, 9.17) is 4.74 Å². The molecule has 0 bridgehead atoms. The van der Waals surface area contributed by atoms with E-state index >= 15 is 0 Å². The Morgan fingerprint density at radius 2 is 2.08 bits per heavy atom. The van der Waals surface area contributed by atoms with Gasteiger partial charge in [0.2, 0.25) is 0 Å². The molecule has 2 aromatic rings. The molecule has 25 heavy (non-hydrogen) atoms. The lowest BCUT2D eigenvalue weighted by molar-refractivity contribution is -0.0771. The van der Waals surface area contributed by atoms with E-state index in [0.717, 1.165) is 30.7 Å². The van der Waals surface area contributed by atoms with Gasteiger partial charge in [0, 0.05) is 13.2 Å². The molecule has 2 atom stereocenters. The van der Waals surface area contributed by atoms with Crippen molar-refractivity contribution in [2.75, 3.05) is 13.2 Å². The number of ether oxygens (including phenoxy) is 1. The van der Waals surface area contributed by atoms with Gasteiger partial charge in [-0.25, -0.2) is 0 Å². The summed E-state index contributed by atoms with van der Waals surface area (Å²) in [5.41, 5.74) is 1.31. The molecule has 4 heteroatoms. The van der Waals surface area contributed by atoms with Crippen LogP contribution in [0.1, 0.15) is 54.3 Å². The molecule has 1 amide bonds. The topological polar surface area (TPSA) is 38.3 Å². The Kier molecular flexibility index (Phi) is 5.92. The first-order valence-corrected chi connectivity index (χ1v) is 9.94. The molecule has 0 radical (unpaired) electrons. The molecule has 1 aliphatic heterocycles. The van der Waals surface area contributed by atoms with Crippen molar-refractivity contribution in [3.63, 3.8) is 0 Å². The van der Waals surface area contributed by atoms with Crippen molar-refractivity contribution in [1.29, 1.82) is 0 Å². The maximum absolute atomic E-state index is 12.2. The number of rotatable bonds is 6. The van der Waals surface area contributed by atoms with Gasteiger partial charge in [0.15, 0.2) is 0 Å². The minimum absolute atomic E-state index is 0.0362. The highest BCUT2D eigenvalue weighted by Crippen LogP contribution is 2.39. The average Bonchev–Trinajstić information content (AvgIpc) is 3.13. The highest BCUT2D eigenvalue weighted by atomic mass is 32.1. The molecule has 1 aromatic carbocycles. The predicted octanol–water partition coefficient (Wildman–Crippen LogP) is 4.86. The Labute approximate surface area is 154 Å². The zero-order valence-electron chi connectivity index (χ0n) is 15.0. The van der Waals surface area contributed by atoms with Gasteiger partial charge in [0.1, 0.15) is 0 Å². The third-order valence-electron chi connectivity index (χ3n) is 5.02. The van der Waals surface area contributed by atoms with Crippen molar-refractivity contribution in [1.82, 2.24) is 5.32 Å². The molecule has 1 aromatic heterocycles. The molecule has 2 heterocycles. The number of benzene rings is 1. The van der Waals surface area contributed by atoms with E-state index in [2.05, 4.69) is 49.5 Å². The molecule has 0 spiro atoms. The summed E-state index contributed by atoms with van der Waals surface area (Å²) in [4.78, 5) is 13.0. The van der Waals surface area contributed by atoms with Gasteiger partial charge >= 0.3 is 0 Å². The zero-order valence-corrected chi connectivity index (χ0v) is 15.9. The maximum Gasteiger partial charge on any atom is 0.261 e. The highest BCUT2D eigenvalue weighted by molar-refractivity contribution is 7.12. The number of hydrogen-bond acceptors (Lipinski definition) is 3. The lowest BCUT2D eigenvalue weighted by Crippen LogP contribution is -2.37. The van der Waals surface area contributed by atoms with Crippen molar-refractivity contribution in [2.24, 2.45) is 5.92 Å². The summed E-state index contributed by atoms with van der Waals surface area (Å²) in [6, 6.07) is 14.5. The van der Waals surface area contributed by atoms with Crippen LogP contribution in [-0.2, 0) is 4.74 Å². The standard InChI is InChI=1S/C21H27NO2S/c1-21(2)15-17(11-13-24-21)18(16-7-4-3-5-8-16)10-12-22-20(23)19-9-6-14-25-19/h3-9,14,17-18H,10-13,15H2,1-2H3,(H,22,23)/t17-,18-/m1/s1. The second-order valence-electron chi connectivity index (χ2n) is 7.40. The van der Waals surface area contributed by atoms with E-state index in [1.807, 2.05) is 17.5 Å². The molecule has 0 aliphatic carbocycles. The van der Waals surface area contributed by atoms with Crippen molar-refractivity contribution in [3.8, 4) is 0 Å². The fourth-order valence-corrected chi connectivity index (χ4v) is 4.47. The van der Waals surface area contributed by atoms with Crippen molar-refractivity contribution < 1.29 is 9.53 Å². The minimum atomic E-state index is -0.0594. The average molecular weight is 358 g/mol. The Morgan fingerprint density at radius 1 is 1.28 bits per heavy atom. The Morgan fingerprint density at radius 3 is 2.76 bits per heavy atom. The SMILES string of the molecule is CC1(C)C[C@H]([C@H](CCNC(=O)c2cccs2)c2ccccc2)CCO1. The largest absolute Gasteiger partial charge is 0.376 e. The second-order valence-corrected chi connectivity index (χ2v) is 8.35. The number of hydrogen-bond donors (Lipinski definition) is 1. The summed E-state index contributed by atoms with van der Waals surface area (Å²) >= 11 is 1.49. The van der Waals surface area contributed by atoms with Gasteiger partial charge in [-0.1, -0.05) is 36.4 Å². The van der Waals surface area contributed by atoms with Crippen LogP contribution in [0.25, 0.3) is 0 Å². The molecule has 1 N–H and O–H groups in total. The molecule has 1 aliphatic rings. The normalized spacial score (nSPS) is 20.8. The van der Waals surface area contributed by atoms with Crippen LogP contribution in [0.4, 0.5) is 0 Å². The van der Waals surface area contributed by atoms with Crippen LogP contribution in [0.5, 0.6) is 0 Å². The summed E-state index contributed by atoms with van der Waals surface area (Å²) < 4.78 is 5.90. The fourth-order valence-electron chi connectivity index (χ4n) is 3.83. The summed E-state index contributed by atoms with van der Waals surface area (Å²) in [5.74, 6) is 1.08. The number of carbonyl (C=O) groups excluding carboxylic acids is 1. The predicted molar refractivity (Wildman–Crippen MR) is 103 cm³/mol. The van der Waals surface area contributed by atoms with Gasteiger partial charge in [-0.2, -0.15) is 0 Å². The lowest BCUT2D eigenvalue weighted by atomic mass is 9.75. The number of nitrogens with one attached hydrogen (secondary N) is 1. The summed E-state index contributed by atoms with van der Waals surface area (Å²) in [5, 5.41) is 5.02. The highest BCUT2D eigenvalue weighted by Gasteiger charge is 2.33. The number of carbonyl (C=O) groups is 1. The van der Waals surface area contributed by atoms with Gasteiger partial charge in [0.25, 0.3) is 5.91 Å². The Bertz CT molecular complexity index is 666. The van der Waals surface area contributed by atoms with Crippen LogP contribution in [0, 0.1) is 5.92 Å². The van der Waals surface area contributed by atoms with Crippen LogP contribution < -0.4 is 5.32 Å². The van der Waals surface area contributed by atoms with E-state index in [0.29, 0.717) is 18.4 Å². The Hall–Kier alpha value is -1.65. The fraction of sp³-hybridized carbons (Fsp3) is 0.476. The van der Waals surface area contributed by atoms with Gasteiger partial charge < -0.3 is 10.1 Å². The summed E-state index contributed by atoms with van der Waals surface area (Å²) in [6.45, 7) is 5.89. The summed E-state index contributed by atoms with van der Waals surface area (Å²) in [6.07, 6.45) is 3.11. The van der Waals surface area contributed by atoms with E-state index in [1.54, 1.807) is 0 Å². The molecule has 1 saturated heterocycles. The van der Waals surface area contributed by atoms with Crippen molar-refractivity contribution in [3.05, 3.63) is 58.3 Å². The Balaban J connectivity index is 1.66. The maximum atomic E-state index is 12.2. The van der Waals surface area contributed by atoms with Gasteiger partial charge in [-0.05, 0) is 62.0 Å². The molecular weight excluding hydrogens is 330 g/mol. The van der Waals surface area contributed by atoms with Crippen LogP contribution in [0.15, 0.2) is 47.8 Å². The van der Waals surface area contributed by atoms with Crippen molar-refractivity contribution >= 4 is 17.2 Å². The monoisotopic (exact) mass is 357 g/mol. The first kappa shape index (κ1) is 18.2. The van der Waals surface area contributed by atoms with Gasteiger partial charge in [-0.15, -0.1) is 11.3 Å². The molecule has 134 valence electrons. The van der Waals surface area contributed by atoms with E-state index in [-0.39, 0.29) is 11.5 Å². The third-order valence-corrected chi connectivity index (χ3v) is 5.89. The molecule has 0 saturated carbocycles. The third kappa shape index (κ3) is 4.93. The number of amides is 1. The molecule has 3 nitrogen and oxygen atoms in total. The van der Waals surface area contributed by atoms with Crippen LogP contribution in [0.3, 0.4) is 0 Å². The zero-order chi connectivity index (χ0) is 17.7. The summed E-state index contributed by atoms with van der Waals surface area (Å²) in [7, 11) is 0. The van der Waals surface area contributed by atoms with Gasteiger partial charge in [-0.3, -0.25) is 4.79 Å². The first-order valence-electron chi connectivity index (χ1n) is 9.06. The van der Waals surface area contributed by atoms with Crippen LogP contribution in [-0.4, -0.2) is 24.7 Å². The van der Waals surface area contributed by atoms with Gasteiger partial charge in [0.05, 0.1) is 10.5 Å². The van der Waals surface area contributed by atoms with Crippen LogP contribution in [0.2, 0.25) is 0 Å². The molecule has 3 rings (SSSR count). The molecule has 1 fully saturated rings. The minimum Gasteiger partial charge on any atom is -0.376 e. The smallest absolute Gasteiger partial charge is 0.261 e. The molecule has 0 unspecified atom stereocenters. The van der Waals surface area contributed by atoms with E-state index < -0.39 is 0 Å². The van der Waals surface area contributed by atoms with E-state index in [1.165, 1.54) is 16.9 Å². The number of thiophene rings is 1.